The number of amides is 1. The third kappa shape index (κ3) is 3.83. The summed E-state index contributed by atoms with van der Waals surface area (Å²) in [6, 6.07) is 11.8. The van der Waals surface area contributed by atoms with Crippen LogP contribution in [0.3, 0.4) is 0 Å². The van der Waals surface area contributed by atoms with E-state index in [4.69, 9.17) is 0 Å². The molecule has 0 aliphatic heterocycles. The molecule has 1 aliphatic rings. The van der Waals surface area contributed by atoms with Crippen LogP contribution in [-0.4, -0.2) is 20.4 Å². The molecule has 2 aromatic carbocycles. The summed E-state index contributed by atoms with van der Waals surface area (Å²) in [6.45, 7) is 3.98. The molecule has 1 fully saturated rings. The molecule has 0 aromatic heterocycles. The number of nitrogens with one attached hydrogen (secondary N) is 2. The molecule has 0 radical (unpaired) electrons. The molecule has 5 nitrogen and oxygen atoms in total. The second-order valence-electron chi connectivity index (χ2n) is 6.18. The predicted octanol–water partition coefficient (Wildman–Crippen LogP) is 3.00. The standard InChI is InChI=1S/C18H20N2O3S/c1-12-6-7-16(10-13(12)2)19-18(21)14-4-3-5-17(11-14)24(22,23)20-15-8-9-15/h3-7,10-11,15,20H,8-9H2,1-2H3,(H,19,21). The highest BCUT2D eigenvalue weighted by molar-refractivity contribution is 7.89. The lowest BCUT2D eigenvalue weighted by Crippen LogP contribution is -2.26. The zero-order chi connectivity index (χ0) is 17.3. The van der Waals surface area contributed by atoms with Crippen molar-refractivity contribution >= 4 is 21.6 Å². The van der Waals surface area contributed by atoms with Crippen molar-refractivity contribution in [1.29, 1.82) is 0 Å². The van der Waals surface area contributed by atoms with Gasteiger partial charge in [0.1, 0.15) is 0 Å². The number of hydrogen-bond acceptors (Lipinski definition) is 3. The number of carbonyl (C=O) groups excluding carboxylic acids is 1. The first-order valence-corrected chi connectivity index (χ1v) is 9.34. The minimum Gasteiger partial charge on any atom is -0.322 e. The molecule has 1 saturated carbocycles. The minimum absolute atomic E-state index is 0.0306. The zero-order valence-electron chi connectivity index (χ0n) is 13.7. The third-order valence-corrected chi connectivity index (χ3v) is 5.59. The normalized spacial score (nSPS) is 14.4. The van der Waals surface area contributed by atoms with Gasteiger partial charge in [0.15, 0.2) is 0 Å². The molecule has 0 unspecified atom stereocenters. The second-order valence-corrected chi connectivity index (χ2v) is 7.89. The van der Waals surface area contributed by atoms with Crippen LogP contribution in [0.2, 0.25) is 0 Å². The van der Waals surface area contributed by atoms with Crippen LogP contribution in [0.25, 0.3) is 0 Å². The molecule has 0 heterocycles. The van der Waals surface area contributed by atoms with E-state index in [1.54, 1.807) is 12.1 Å². The topological polar surface area (TPSA) is 75.3 Å². The molecule has 3 rings (SSSR count). The van der Waals surface area contributed by atoms with E-state index >= 15 is 0 Å². The smallest absolute Gasteiger partial charge is 0.255 e. The highest BCUT2D eigenvalue weighted by atomic mass is 32.2. The van der Waals surface area contributed by atoms with Gasteiger partial charge in [-0.2, -0.15) is 0 Å². The van der Waals surface area contributed by atoms with Gasteiger partial charge in [0.2, 0.25) is 10.0 Å². The Bertz CT molecular complexity index is 887. The number of anilines is 1. The summed E-state index contributed by atoms with van der Waals surface area (Å²) < 4.78 is 27.1. The van der Waals surface area contributed by atoms with Crippen LogP contribution in [0, 0.1) is 13.8 Å². The lowest BCUT2D eigenvalue weighted by Gasteiger charge is -2.09. The van der Waals surface area contributed by atoms with E-state index in [2.05, 4.69) is 10.0 Å². The lowest BCUT2D eigenvalue weighted by atomic mass is 10.1. The van der Waals surface area contributed by atoms with Gasteiger partial charge in [-0.3, -0.25) is 4.79 Å². The van der Waals surface area contributed by atoms with Crippen LogP contribution in [0.1, 0.15) is 34.3 Å². The molecule has 0 bridgehead atoms. The van der Waals surface area contributed by atoms with Crippen molar-refractivity contribution in [1.82, 2.24) is 4.72 Å². The van der Waals surface area contributed by atoms with Gasteiger partial charge in [0.25, 0.3) is 5.91 Å². The van der Waals surface area contributed by atoms with Crippen LogP contribution in [-0.2, 0) is 10.0 Å². The first-order chi connectivity index (χ1) is 11.3. The van der Waals surface area contributed by atoms with Gasteiger partial charge in [-0.05, 0) is 68.1 Å². The highest BCUT2D eigenvalue weighted by Gasteiger charge is 2.28. The van der Waals surface area contributed by atoms with Gasteiger partial charge in [-0.1, -0.05) is 12.1 Å². The van der Waals surface area contributed by atoms with E-state index in [9.17, 15) is 13.2 Å². The van der Waals surface area contributed by atoms with E-state index in [0.717, 1.165) is 24.0 Å². The van der Waals surface area contributed by atoms with Crippen LogP contribution < -0.4 is 10.0 Å². The Morgan fingerprint density at radius 3 is 2.46 bits per heavy atom. The summed E-state index contributed by atoms with van der Waals surface area (Å²) in [6.07, 6.45) is 1.73. The molecule has 0 spiro atoms. The summed E-state index contributed by atoms with van der Waals surface area (Å²) >= 11 is 0. The molecule has 6 heteroatoms. The molecule has 0 atom stereocenters. The second kappa shape index (κ2) is 6.37. The lowest BCUT2D eigenvalue weighted by molar-refractivity contribution is 0.102. The predicted molar refractivity (Wildman–Crippen MR) is 93.7 cm³/mol. The molecule has 24 heavy (non-hydrogen) atoms. The van der Waals surface area contributed by atoms with Crippen molar-refractivity contribution in [3.05, 3.63) is 59.2 Å². The Kier molecular flexibility index (Phi) is 4.43. The molecule has 126 valence electrons. The fraction of sp³-hybridized carbons (Fsp3) is 0.278. The molecular formula is C18H20N2O3S. The van der Waals surface area contributed by atoms with E-state index < -0.39 is 10.0 Å². The SMILES string of the molecule is Cc1ccc(NC(=O)c2cccc(S(=O)(=O)NC3CC3)c2)cc1C. The minimum atomic E-state index is -3.57. The van der Waals surface area contributed by atoms with Crippen molar-refractivity contribution in [3.8, 4) is 0 Å². The van der Waals surface area contributed by atoms with E-state index in [1.807, 2.05) is 32.0 Å². The van der Waals surface area contributed by atoms with Crippen LogP contribution in [0.4, 0.5) is 5.69 Å². The Hall–Kier alpha value is -2.18. The van der Waals surface area contributed by atoms with Crippen molar-refractivity contribution in [2.24, 2.45) is 0 Å². The Morgan fingerprint density at radius 2 is 1.79 bits per heavy atom. The fourth-order valence-electron chi connectivity index (χ4n) is 2.32. The zero-order valence-corrected chi connectivity index (χ0v) is 14.5. The van der Waals surface area contributed by atoms with Crippen LogP contribution in [0.15, 0.2) is 47.4 Å². The summed E-state index contributed by atoms with van der Waals surface area (Å²) in [5.41, 5.74) is 3.23. The Labute approximate surface area is 142 Å². The number of rotatable bonds is 5. The van der Waals surface area contributed by atoms with Gasteiger partial charge in [-0.25, -0.2) is 13.1 Å². The first-order valence-electron chi connectivity index (χ1n) is 7.86. The Balaban J connectivity index is 1.80. The largest absolute Gasteiger partial charge is 0.322 e. The maximum absolute atomic E-state index is 12.4. The quantitative estimate of drug-likeness (QED) is 0.875. The molecule has 2 N–H and O–H groups in total. The van der Waals surface area contributed by atoms with Gasteiger partial charge < -0.3 is 5.32 Å². The van der Waals surface area contributed by atoms with Crippen molar-refractivity contribution in [2.45, 2.75) is 37.6 Å². The molecule has 0 saturated heterocycles. The first kappa shape index (κ1) is 16.7. The van der Waals surface area contributed by atoms with Gasteiger partial charge in [-0.15, -0.1) is 0 Å². The number of sulfonamides is 1. The number of hydrogen-bond donors (Lipinski definition) is 2. The summed E-state index contributed by atoms with van der Waals surface area (Å²) in [5, 5.41) is 2.80. The van der Waals surface area contributed by atoms with Gasteiger partial charge in [0, 0.05) is 17.3 Å². The number of carbonyl (C=O) groups is 1. The average molecular weight is 344 g/mol. The summed E-state index contributed by atoms with van der Waals surface area (Å²) in [7, 11) is -3.57. The van der Waals surface area contributed by atoms with E-state index in [-0.39, 0.29) is 16.8 Å². The van der Waals surface area contributed by atoms with Crippen molar-refractivity contribution in [2.75, 3.05) is 5.32 Å². The van der Waals surface area contributed by atoms with Crippen LogP contribution >= 0.6 is 0 Å². The summed E-state index contributed by atoms with van der Waals surface area (Å²) in [5.74, 6) is -0.332. The number of benzene rings is 2. The van der Waals surface area contributed by atoms with Crippen molar-refractivity contribution < 1.29 is 13.2 Å². The third-order valence-electron chi connectivity index (χ3n) is 4.07. The van der Waals surface area contributed by atoms with E-state index in [1.165, 1.54) is 12.1 Å². The monoisotopic (exact) mass is 344 g/mol. The van der Waals surface area contributed by atoms with Gasteiger partial charge >= 0.3 is 0 Å². The average Bonchev–Trinajstić information content (AvgIpc) is 3.34. The maximum Gasteiger partial charge on any atom is 0.255 e. The fourth-order valence-corrected chi connectivity index (χ4v) is 3.67. The summed E-state index contributed by atoms with van der Waals surface area (Å²) in [4.78, 5) is 12.5. The molecule has 1 amide bonds. The van der Waals surface area contributed by atoms with E-state index in [0.29, 0.717) is 11.3 Å². The van der Waals surface area contributed by atoms with Gasteiger partial charge in [0.05, 0.1) is 4.90 Å². The van der Waals surface area contributed by atoms with Crippen LogP contribution in [0.5, 0.6) is 0 Å². The molecule has 2 aromatic rings. The molecule has 1 aliphatic carbocycles. The highest BCUT2D eigenvalue weighted by Crippen LogP contribution is 2.23. The number of aryl methyl sites for hydroxylation is 2. The molecular weight excluding hydrogens is 324 g/mol. The maximum atomic E-state index is 12.4. The van der Waals surface area contributed by atoms with Crippen molar-refractivity contribution in [3.63, 3.8) is 0 Å². The Morgan fingerprint density at radius 1 is 1.04 bits per heavy atom.